The molecule has 2 aliphatic carbocycles. The second-order valence-corrected chi connectivity index (χ2v) is 8.48. The van der Waals surface area contributed by atoms with Crippen LogP contribution in [0.15, 0.2) is 41.4 Å². The molecule has 128 valence electrons. The van der Waals surface area contributed by atoms with Crippen LogP contribution in [0, 0.1) is 10.8 Å². The van der Waals surface area contributed by atoms with Crippen LogP contribution in [0.2, 0.25) is 0 Å². The standard InChI is InChI=1S/C21H22N2O2/c1-25-18(24)20-9-8-19(13-20)7-4-11-23-12-10-21(17(19)23)14-5-2-3-6-15(14)22-16(20)21/h2-7,17H,8-13H2,1H3/t17-,19+,20+,21-/m0/s1. The second-order valence-electron chi connectivity index (χ2n) is 8.48. The minimum absolute atomic E-state index is 0.0776. The van der Waals surface area contributed by atoms with Crippen LogP contribution < -0.4 is 0 Å². The number of aliphatic imine (C=N–C) groups is 1. The number of hydrogen-bond acceptors (Lipinski definition) is 4. The molecule has 2 saturated carbocycles. The molecule has 4 heteroatoms. The molecule has 0 unspecified atom stereocenters. The average Bonchev–Trinajstić information content (AvgIpc) is 3.30. The molecule has 2 bridgehead atoms. The molecular weight excluding hydrogens is 312 g/mol. The highest BCUT2D eigenvalue weighted by atomic mass is 16.5. The minimum Gasteiger partial charge on any atom is -0.468 e. The van der Waals surface area contributed by atoms with Gasteiger partial charge in [0.1, 0.15) is 5.41 Å². The highest BCUT2D eigenvalue weighted by Gasteiger charge is 2.75. The summed E-state index contributed by atoms with van der Waals surface area (Å²) in [5.74, 6) is -0.0776. The van der Waals surface area contributed by atoms with E-state index < -0.39 is 5.41 Å². The number of ether oxygens (including phenoxy) is 1. The van der Waals surface area contributed by atoms with Crippen molar-refractivity contribution in [2.24, 2.45) is 15.8 Å². The molecule has 2 spiro atoms. The summed E-state index contributed by atoms with van der Waals surface area (Å²) in [6.45, 7) is 2.11. The predicted octanol–water partition coefficient (Wildman–Crippen LogP) is 3.00. The highest BCUT2D eigenvalue weighted by molar-refractivity contribution is 6.17. The largest absolute Gasteiger partial charge is 0.468 e. The Labute approximate surface area is 147 Å². The SMILES string of the molecule is COC(=O)[C@@]12CC[C@]3(C=CCN4CC[C@]5(C1=Nc1ccccc15)[C@@H]43)C2. The van der Waals surface area contributed by atoms with Gasteiger partial charge < -0.3 is 4.74 Å². The quantitative estimate of drug-likeness (QED) is 0.586. The average molecular weight is 334 g/mol. The molecule has 25 heavy (non-hydrogen) atoms. The Kier molecular flexibility index (Phi) is 2.41. The smallest absolute Gasteiger partial charge is 0.317 e. The van der Waals surface area contributed by atoms with Crippen molar-refractivity contribution in [1.29, 1.82) is 0 Å². The normalized spacial score (nSPS) is 42.6. The Balaban J connectivity index is 1.69. The molecular formula is C21H22N2O2. The third-order valence-corrected chi connectivity index (χ3v) is 7.68. The number of para-hydroxylation sites is 1. The summed E-state index contributed by atoms with van der Waals surface area (Å²) >= 11 is 0. The van der Waals surface area contributed by atoms with E-state index in [4.69, 9.17) is 9.73 Å². The van der Waals surface area contributed by atoms with Crippen molar-refractivity contribution in [2.75, 3.05) is 20.2 Å². The number of esters is 1. The maximum Gasteiger partial charge on any atom is 0.317 e. The van der Waals surface area contributed by atoms with Gasteiger partial charge in [-0.15, -0.1) is 0 Å². The molecule has 0 N–H and O–H groups in total. The summed E-state index contributed by atoms with van der Waals surface area (Å²) in [5, 5.41) is 0. The van der Waals surface area contributed by atoms with Crippen molar-refractivity contribution in [3.8, 4) is 0 Å². The first-order valence-electron chi connectivity index (χ1n) is 9.36. The van der Waals surface area contributed by atoms with Crippen molar-refractivity contribution in [2.45, 2.75) is 37.1 Å². The Morgan fingerprint density at radius 2 is 2.16 bits per heavy atom. The zero-order valence-electron chi connectivity index (χ0n) is 14.5. The van der Waals surface area contributed by atoms with Crippen LogP contribution in [-0.4, -0.2) is 42.8 Å². The van der Waals surface area contributed by atoms with Gasteiger partial charge in [0, 0.05) is 30.3 Å². The third-order valence-electron chi connectivity index (χ3n) is 7.68. The number of carbonyl (C=O) groups excluding carboxylic acids is 1. The summed E-state index contributed by atoms with van der Waals surface area (Å²) in [5.41, 5.74) is 2.96. The number of rotatable bonds is 1. The summed E-state index contributed by atoms with van der Waals surface area (Å²) in [6, 6.07) is 8.98. The molecule has 4 nitrogen and oxygen atoms in total. The first-order valence-corrected chi connectivity index (χ1v) is 9.36. The molecule has 1 aromatic rings. The van der Waals surface area contributed by atoms with E-state index in [2.05, 4.69) is 41.3 Å². The van der Waals surface area contributed by atoms with E-state index in [0.717, 1.165) is 50.2 Å². The van der Waals surface area contributed by atoms with Gasteiger partial charge >= 0.3 is 5.97 Å². The first kappa shape index (κ1) is 14.3. The van der Waals surface area contributed by atoms with Gasteiger partial charge in [0.25, 0.3) is 0 Å². The van der Waals surface area contributed by atoms with E-state index in [1.165, 1.54) is 12.7 Å². The van der Waals surface area contributed by atoms with Gasteiger partial charge in [0.05, 0.1) is 18.2 Å². The lowest BCUT2D eigenvalue weighted by Crippen LogP contribution is -2.64. The van der Waals surface area contributed by atoms with Crippen molar-refractivity contribution in [3.05, 3.63) is 42.0 Å². The monoisotopic (exact) mass is 334 g/mol. The van der Waals surface area contributed by atoms with Gasteiger partial charge in [-0.3, -0.25) is 14.7 Å². The van der Waals surface area contributed by atoms with Crippen LogP contribution in [0.3, 0.4) is 0 Å². The molecule has 4 atom stereocenters. The zero-order chi connectivity index (χ0) is 16.9. The lowest BCUT2D eigenvalue weighted by molar-refractivity contribution is -0.149. The third kappa shape index (κ3) is 1.35. The Hall–Kier alpha value is -1.94. The lowest BCUT2D eigenvalue weighted by Gasteiger charge is -2.54. The minimum atomic E-state index is -0.540. The Morgan fingerprint density at radius 1 is 1.28 bits per heavy atom. The van der Waals surface area contributed by atoms with E-state index in [1.807, 2.05) is 0 Å². The number of benzene rings is 1. The summed E-state index contributed by atoms with van der Waals surface area (Å²) in [7, 11) is 1.53. The van der Waals surface area contributed by atoms with Crippen LogP contribution in [0.5, 0.6) is 0 Å². The van der Waals surface area contributed by atoms with E-state index >= 15 is 0 Å². The molecule has 0 radical (unpaired) electrons. The molecule has 6 rings (SSSR count). The van der Waals surface area contributed by atoms with Crippen LogP contribution in [0.1, 0.15) is 31.2 Å². The molecule has 0 amide bonds. The van der Waals surface area contributed by atoms with Gasteiger partial charge in [-0.2, -0.15) is 0 Å². The molecule has 1 saturated heterocycles. The fraction of sp³-hybridized carbons (Fsp3) is 0.524. The summed E-state index contributed by atoms with van der Waals surface area (Å²) < 4.78 is 5.34. The van der Waals surface area contributed by atoms with Crippen molar-refractivity contribution < 1.29 is 9.53 Å². The van der Waals surface area contributed by atoms with E-state index in [0.29, 0.717) is 6.04 Å². The Bertz CT molecular complexity index is 874. The van der Waals surface area contributed by atoms with Crippen molar-refractivity contribution >= 4 is 17.4 Å². The lowest BCUT2D eigenvalue weighted by atomic mass is 9.52. The van der Waals surface area contributed by atoms with E-state index in [-0.39, 0.29) is 16.8 Å². The van der Waals surface area contributed by atoms with Gasteiger partial charge in [0.2, 0.25) is 0 Å². The Morgan fingerprint density at radius 3 is 3.04 bits per heavy atom. The van der Waals surface area contributed by atoms with Gasteiger partial charge in [-0.05, 0) is 37.3 Å². The van der Waals surface area contributed by atoms with Crippen LogP contribution in [0.4, 0.5) is 5.69 Å². The number of hydrogen-bond donors (Lipinski definition) is 0. The molecule has 3 heterocycles. The highest BCUT2D eigenvalue weighted by Crippen LogP contribution is 2.70. The van der Waals surface area contributed by atoms with Crippen LogP contribution >= 0.6 is 0 Å². The number of methoxy groups -OCH3 is 1. The second kappa shape index (κ2) is 4.24. The van der Waals surface area contributed by atoms with Gasteiger partial charge in [-0.1, -0.05) is 30.4 Å². The summed E-state index contributed by atoms with van der Waals surface area (Å²) in [4.78, 5) is 20.8. The molecule has 3 aliphatic heterocycles. The number of carbonyl (C=O) groups is 1. The number of nitrogens with zero attached hydrogens (tertiary/aromatic N) is 2. The molecule has 3 fully saturated rings. The van der Waals surface area contributed by atoms with Crippen molar-refractivity contribution in [1.82, 2.24) is 4.90 Å². The maximum atomic E-state index is 13.0. The first-order chi connectivity index (χ1) is 12.2. The molecule has 0 aromatic heterocycles. The summed E-state index contributed by atoms with van der Waals surface area (Å²) in [6.07, 6.45) is 8.61. The van der Waals surface area contributed by atoms with Crippen LogP contribution in [-0.2, 0) is 14.9 Å². The predicted molar refractivity (Wildman–Crippen MR) is 95.1 cm³/mol. The molecule has 1 aromatic carbocycles. The van der Waals surface area contributed by atoms with E-state index in [1.54, 1.807) is 0 Å². The topological polar surface area (TPSA) is 41.9 Å². The number of fused-ring (bicyclic) bond motifs is 3. The fourth-order valence-electron chi connectivity index (χ4n) is 7.05. The van der Waals surface area contributed by atoms with E-state index in [9.17, 15) is 4.79 Å². The zero-order valence-corrected chi connectivity index (χ0v) is 14.5. The van der Waals surface area contributed by atoms with Crippen LogP contribution in [0.25, 0.3) is 0 Å². The fourth-order valence-corrected chi connectivity index (χ4v) is 7.05. The van der Waals surface area contributed by atoms with Gasteiger partial charge in [-0.25, -0.2) is 0 Å². The molecule has 5 aliphatic rings. The van der Waals surface area contributed by atoms with Crippen molar-refractivity contribution in [3.63, 3.8) is 0 Å². The van der Waals surface area contributed by atoms with Gasteiger partial charge in [0.15, 0.2) is 0 Å². The maximum absolute atomic E-state index is 13.0.